The smallest absolute Gasteiger partial charge is 0.251 e. The predicted molar refractivity (Wildman–Crippen MR) is 53.0 cm³/mol. The molecule has 0 bridgehead atoms. The highest BCUT2D eigenvalue weighted by Crippen LogP contribution is 2.01. The Hall–Kier alpha value is -0.610. The van der Waals surface area contributed by atoms with Crippen LogP contribution in [0.2, 0.25) is 0 Å². The third kappa shape index (κ3) is 4.07. The van der Waals surface area contributed by atoms with Crippen molar-refractivity contribution in [3.63, 3.8) is 0 Å². The van der Waals surface area contributed by atoms with Crippen LogP contribution in [0.4, 0.5) is 0 Å². The molecule has 4 nitrogen and oxygen atoms in total. The molecule has 82 valence electrons. The second-order valence-electron chi connectivity index (χ2n) is 3.91. The fraction of sp³-hybridized carbons (Fsp3) is 0.900. The molecule has 1 aliphatic rings. The molecule has 0 aromatic rings. The molecule has 0 unspecified atom stereocenters. The summed E-state index contributed by atoms with van der Waals surface area (Å²) in [4.78, 5) is 11.5. The highest BCUT2D eigenvalue weighted by atomic mass is 16.6. The van der Waals surface area contributed by atoms with E-state index in [1.165, 1.54) is 0 Å². The second-order valence-corrected chi connectivity index (χ2v) is 3.91. The van der Waals surface area contributed by atoms with Crippen molar-refractivity contribution in [3.8, 4) is 0 Å². The van der Waals surface area contributed by atoms with Crippen LogP contribution < -0.4 is 5.32 Å². The molecule has 0 spiro atoms. The first kappa shape index (κ1) is 11.5. The van der Waals surface area contributed by atoms with E-state index < -0.39 is 6.10 Å². The first-order chi connectivity index (χ1) is 6.70. The highest BCUT2D eigenvalue weighted by molar-refractivity contribution is 5.80. The minimum Gasteiger partial charge on any atom is -0.376 e. The summed E-state index contributed by atoms with van der Waals surface area (Å²) in [6.07, 6.45) is 0.593. The van der Waals surface area contributed by atoms with Crippen LogP contribution in [0.3, 0.4) is 0 Å². The van der Waals surface area contributed by atoms with Gasteiger partial charge >= 0.3 is 0 Å². The molecular formula is C10H19NO3. The Kier molecular flexibility index (Phi) is 4.90. The number of hydrogen-bond acceptors (Lipinski definition) is 3. The first-order valence-electron chi connectivity index (χ1n) is 5.17. The van der Waals surface area contributed by atoms with Crippen LogP contribution in [0.25, 0.3) is 0 Å². The minimum atomic E-state index is -0.407. The number of carbonyl (C=O) groups excluding carboxylic acids is 1. The molecule has 1 saturated heterocycles. The lowest BCUT2D eigenvalue weighted by molar-refractivity contribution is -0.147. The Morgan fingerprint density at radius 3 is 2.86 bits per heavy atom. The largest absolute Gasteiger partial charge is 0.376 e. The maximum Gasteiger partial charge on any atom is 0.251 e. The SMILES string of the molecule is CC(C)CCNC(=O)[C@@H]1COCCO1. The van der Waals surface area contributed by atoms with Gasteiger partial charge in [0, 0.05) is 6.54 Å². The van der Waals surface area contributed by atoms with Gasteiger partial charge in [0.25, 0.3) is 5.91 Å². The van der Waals surface area contributed by atoms with Crippen molar-refractivity contribution in [2.24, 2.45) is 5.92 Å². The van der Waals surface area contributed by atoms with E-state index in [0.29, 0.717) is 25.7 Å². The predicted octanol–water partition coefficient (Wildman–Crippen LogP) is 0.564. The molecule has 1 amide bonds. The second kappa shape index (κ2) is 5.98. The Balaban J connectivity index is 2.13. The fourth-order valence-corrected chi connectivity index (χ4v) is 1.24. The molecule has 1 rings (SSSR count). The Labute approximate surface area is 85.0 Å². The van der Waals surface area contributed by atoms with Gasteiger partial charge in [0.1, 0.15) is 0 Å². The van der Waals surface area contributed by atoms with Gasteiger partial charge in [-0.15, -0.1) is 0 Å². The van der Waals surface area contributed by atoms with Crippen molar-refractivity contribution in [1.29, 1.82) is 0 Å². The molecular weight excluding hydrogens is 182 g/mol. The van der Waals surface area contributed by atoms with E-state index in [4.69, 9.17) is 9.47 Å². The maximum atomic E-state index is 11.5. The van der Waals surface area contributed by atoms with Gasteiger partial charge in [0.2, 0.25) is 0 Å². The zero-order valence-electron chi connectivity index (χ0n) is 8.91. The maximum absolute atomic E-state index is 11.5. The number of hydrogen-bond donors (Lipinski definition) is 1. The lowest BCUT2D eigenvalue weighted by atomic mass is 10.1. The van der Waals surface area contributed by atoms with Crippen LogP contribution in [0.1, 0.15) is 20.3 Å². The van der Waals surface area contributed by atoms with Crippen LogP contribution in [0.15, 0.2) is 0 Å². The molecule has 0 aromatic heterocycles. The Morgan fingerprint density at radius 1 is 1.50 bits per heavy atom. The van der Waals surface area contributed by atoms with Crippen LogP contribution in [-0.2, 0) is 14.3 Å². The molecule has 14 heavy (non-hydrogen) atoms. The quantitative estimate of drug-likeness (QED) is 0.723. The monoisotopic (exact) mass is 201 g/mol. The van der Waals surface area contributed by atoms with E-state index in [1.54, 1.807) is 0 Å². The summed E-state index contributed by atoms with van der Waals surface area (Å²) in [5.41, 5.74) is 0. The minimum absolute atomic E-state index is 0.0506. The summed E-state index contributed by atoms with van der Waals surface area (Å²) < 4.78 is 10.4. The van der Waals surface area contributed by atoms with Crippen molar-refractivity contribution >= 4 is 5.91 Å². The van der Waals surface area contributed by atoms with E-state index in [1.807, 2.05) is 0 Å². The molecule has 1 atom stereocenters. The molecule has 0 radical (unpaired) electrons. The normalized spacial score (nSPS) is 22.4. The number of amides is 1. The summed E-state index contributed by atoms with van der Waals surface area (Å²) in [5, 5.41) is 2.84. The Morgan fingerprint density at radius 2 is 2.29 bits per heavy atom. The molecule has 0 saturated carbocycles. The van der Waals surface area contributed by atoms with Gasteiger partial charge < -0.3 is 14.8 Å². The third-order valence-electron chi connectivity index (χ3n) is 2.13. The van der Waals surface area contributed by atoms with Gasteiger partial charge in [0.15, 0.2) is 6.10 Å². The van der Waals surface area contributed by atoms with Crippen LogP contribution >= 0.6 is 0 Å². The van der Waals surface area contributed by atoms with Crippen LogP contribution in [-0.4, -0.2) is 38.4 Å². The fourth-order valence-electron chi connectivity index (χ4n) is 1.24. The topological polar surface area (TPSA) is 47.6 Å². The average Bonchev–Trinajstić information content (AvgIpc) is 2.18. The van der Waals surface area contributed by atoms with Gasteiger partial charge in [-0.25, -0.2) is 0 Å². The summed E-state index contributed by atoms with van der Waals surface area (Å²) in [6.45, 7) is 6.47. The highest BCUT2D eigenvalue weighted by Gasteiger charge is 2.21. The van der Waals surface area contributed by atoms with Gasteiger partial charge in [-0.05, 0) is 12.3 Å². The van der Waals surface area contributed by atoms with E-state index >= 15 is 0 Å². The van der Waals surface area contributed by atoms with E-state index in [0.717, 1.165) is 13.0 Å². The zero-order valence-corrected chi connectivity index (χ0v) is 8.91. The van der Waals surface area contributed by atoms with Crippen molar-refractivity contribution in [1.82, 2.24) is 5.32 Å². The van der Waals surface area contributed by atoms with E-state index in [-0.39, 0.29) is 5.91 Å². The molecule has 1 fully saturated rings. The number of ether oxygens (including phenoxy) is 2. The lowest BCUT2D eigenvalue weighted by Gasteiger charge is -2.22. The standard InChI is InChI=1S/C10H19NO3/c1-8(2)3-4-11-10(12)9-7-13-5-6-14-9/h8-9H,3-7H2,1-2H3,(H,11,12)/t9-/m0/s1. The number of rotatable bonds is 4. The summed E-state index contributed by atoms with van der Waals surface area (Å²) >= 11 is 0. The molecule has 1 heterocycles. The molecule has 0 aliphatic carbocycles. The van der Waals surface area contributed by atoms with Gasteiger partial charge in [-0.1, -0.05) is 13.8 Å². The summed E-state index contributed by atoms with van der Waals surface area (Å²) in [7, 11) is 0. The molecule has 1 N–H and O–H groups in total. The molecule has 1 aliphatic heterocycles. The number of carbonyl (C=O) groups is 1. The summed E-state index contributed by atoms with van der Waals surface area (Å²) in [6, 6.07) is 0. The lowest BCUT2D eigenvalue weighted by Crippen LogP contribution is -2.43. The van der Waals surface area contributed by atoms with Crippen molar-refractivity contribution in [3.05, 3.63) is 0 Å². The van der Waals surface area contributed by atoms with Crippen LogP contribution in [0, 0.1) is 5.92 Å². The third-order valence-corrected chi connectivity index (χ3v) is 2.13. The zero-order chi connectivity index (χ0) is 10.4. The van der Waals surface area contributed by atoms with E-state index in [2.05, 4.69) is 19.2 Å². The molecule has 0 aromatic carbocycles. The van der Waals surface area contributed by atoms with Crippen molar-refractivity contribution in [2.75, 3.05) is 26.4 Å². The van der Waals surface area contributed by atoms with Crippen molar-refractivity contribution < 1.29 is 14.3 Å². The van der Waals surface area contributed by atoms with Gasteiger partial charge in [0.05, 0.1) is 19.8 Å². The van der Waals surface area contributed by atoms with Gasteiger partial charge in [-0.2, -0.15) is 0 Å². The average molecular weight is 201 g/mol. The first-order valence-corrected chi connectivity index (χ1v) is 5.17. The summed E-state index contributed by atoms with van der Waals surface area (Å²) in [5.74, 6) is 0.559. The van der Waals surface area contributed by atoms with Crippen molar-refractivity contribution in [2.45, 2.75) is 26.4 Å². The number of nitrogens with one attached hydrogen (secondary N) is 1. The van der Waals surface area contributed by atoms with Gasteiger partial charge in [-0.3, -0.25) is 4.79 Å². The van der Waals surface area contributed by atoms with Crippen LogP contribution in [0.5, 0.6) is 0 Å². The Bertz CT molecular complexity index is 176. The van der Waals surface area contributed by atoms with E-state index in [9.17, 15) is 4.79 Å². The molecule has 4 heteroatoms.